The van der Waals surface area contributed by atoms with Crippen LogP contribution < -0.4 is 5.32 Å². The number of nitrogens with one attached hydrogen (secondary N) is 1. The maximum absolute atomic E-state index is 11.7. The van der Waals surface area contributed by atoms with Gasteiger partial charge in [-0.25, -0.2) is 4.79 Å². The molecule has 0 aromatic carbocycles. The van der Waals surface area contributed by atoms with Crippen molar-refractivity contribution in [1.29, 1.82) is 0 Å². The summed E-state index contributed by atoms with van der Waals surface area (Å²) in [5, 5.41) is 2.72. The van der Waals surface area contributed by atoms with Gasteiger partial charge >= 0.3 is 6.03 Å². The lowest BCUT2D eigenvalue weighted by molar-refractivity contribution is 0.0760. The second-order valence-corrected chi connectivity index (χ2v) is 4.45. The van der Waals surface area contributed by atoms with E-state index in [-0.39, 0.29) is 6.03 Å². The van der Waals surface area contributed by atoms with Crippen LogP contribution in [0, 0.1) is 5.92 Å². The summed E-state index contributed by atoms with van der Waals surface area (Å²) in [4.78, 5) is 16.0. The summed E-state index contributed by atoms with van der Waals surface area (Å²) in [7, 11) is 1.70. The summed E-state index contributed by atoms with van der Waals surface area (Å²) < 4.78 is 0. The van der Waals surface area contributed by atoms with E-state index in [2.05, 4.69) is 31.0 Å². The van der Waals surface area contributed by atoms with E-state index in [0.29, 0.717) is 12.0 Å². The highest BCUT2D eigenvalue weighted by Crippen LogP contribution is 2.16. The van der Waals surface area contributed by atoms with Gasteiger partial charge in [0.1, 0.15) is 0 Å². The Kier molecular flexibility index (Phi) is 4.39. The Balaban J connectivity index is 2.67. The average molecular weight is 213 g/mol. The van der Waals surface area contributed by atoms with Gasteiger partial charge in [-0.05, 0) is 12.5 Å². The molecule has 88 valence electrons. The molecule has 0 aliphatic carbocycles. The third-order valence-electron chi connectivity index (χ3n) is 3.19. The molecule has 2 amide bonds. The predicted octanol–water partition coefficient (Wildman–Crippen LogP) is 0.988. The molecule has 0 bridgehead atoms. The van der Waals surface area contributed by atoms with E-state index in [1.54, 1.807) is 7.05 Å². The molecular weight excluding hydrogens is 190 g/mol. The van der Waals surface area contributed by atoms with Gasteiger partial charge in [-0.2, -0.15) is 0 Å². The molecule has 15 heavy (non-hydrogen) atoms. The number of nitrogens with zero attached hydrogens (tertiary/aromatic N) is 2. The summed E-state index contributed by atoms with van der Waals surface area (Å²) in [6.45, 7) is 10.4. The molecule has 1 unspecified atom stereocenters. The van der Waals surface area contributed by atoms with Crippen LogP contribution in [0.5, 0.6) is 0 Å². The van der Waals surface area contributed by atoms with E-state index in [0.717, 1.165) is 26.2 Å². The van der Waals surface area contributed by atoms with Crippen molar-refractivity contribution in [3.8, 4) is 0 Å². The number of likely N-dealkylation sites (N-methyl/N-ethyl adjacent to an activating group) is 1. The Hall–Kier alpha value is -0.770. The molecule has 1 aliphatic heterocycles. The van der Waals surface area contributed by atoms with Gasteiger partial charge < -0.3 is 10.2 Å². The van der Waals surface area contributed by atoms with E-state index < -0.39 is 0 Å². The number of piperazine rings is 1. The molecule has 1 atom stereocenters. The molecule has 1 rings (SSSR count). The average Bonchev–Trinajstić information content (AvgIpc) is 2.27. The fraction of sp³-hybridized carbons (Fsp3) is 0.909. The second kappa shape index (κ2) is 5.35. The fourth-order valence-corrected chi connectivity index (χ4v) is 2.12. The number of carbonyl (C=O) groups is 1. The van der Waals surface area contributed by atoms with E-state index in [9.17, 15) is 4.79 Å². The minimum Gasteiger partial charge on any atom is -0.341 e. The van der Waals surface area contributed by atoms with Crippen molar-refractivity contribution in [2.24, 2.45) is 5.92 Å². The molecule has 0 saturated carbocycles. The van der Waals surface area contributed by atoms with Crippen LogP contribution in [0.1, 0.15) is 20.8 Å². The molecule has 1 aliphatic rings. The monoisotopic (exact) mass is 213 g/mol. The number of hydrogen-bond acceptors (Lipinski definition) is 2. The molecule has 4 heteroatoms. The third-order valence-corrected chi connectivity index (χ3v) is 3.19. The van der Waals surface area contributed by atoms with Gasteiger partial charge in [0, 0.05) is 32.7 Å². The number of hydrogen-bond donors (Lipinski definition) is 1. The fourth-order valence-electron chi connectivity index (χ4n) is 2.12. The highest BCUT2D eigenvalue weighted by atomic mass is 16.2. The number of carbonyl (C=O) groups excluding carboxylic acids is 1. The van der Waals surface area contributed by atoms with Crippen LogP contribution in [0.4, 0.5) is 4.79 Å². The molecule has 0 aromatic rings. The Morgan fingerprint density at radius 3 is 2.60 bits per heavy atom. The summed E-state index contributed by atoms with van der Waals surface area (Å²) in [6, 6.07) is 0.406. The predicted molar refractivity (Wildman–Crippen MR) is 61.9 cm³/mol. The second-order valence-electron chi connectivity index (χ2n) is 4.45. The highest BCUT2D eigenvalue weighted by Gasteiger charge is 2.31. The first kappa shape index (κ1) is 12.3. The van der Waals surface area contributed by atoms with Gasteiger partial charge in [0.15, 0.2) is 0 Å². The Bertz CT molecular complexity index is 218. The molecule has 0 radical (unpaired) electrons. The summed E-state index contributed by atoms with van der Waals surface area (Å²) in [5.41, 5.74) is 0. The van der Waals surface area contributed by atoms with E-state index in [4.69, 9.17) is 0 Å². The molecular formula is C11H23N3O. The Morgan fingerprint density at radius 2 is 2.13 bits per heavy atom. The minimum absolute atomic E-state index is 0.0597. The van der Waals surface area contributed by atoms with Crippen LogP contribution in [0.25, 0.3) is 0 Å². The van der Waals surface area contributed by atoms with Crippen LogP contribution in [0.15, 0.2) is 0 Å². The van der Waals surface area contributed by atoms with Crippen molar-refractivity contribution in [2.75, 3.05) is 33.2 Å². The zero-order valence-corrected chi connectivity index (χ0v) is 10.3. The standard InChI is InChI=1S/C11H23N3O/c1-5-13-6-7-14(11(15)12-4)10(8-13)9(2)3/h9-10H,5-8H2,1-4H3,(H,12,15). The molecule has 1 heterocycles. The molecule has 0 spiro atoms. The van der Waals surface area contributed by atoms with Crippen LogP contribution in [0.3, 0.4) is 0 Å². The van der Waals surface area contributed by atoms with Crippen LogP contribution in [-0.4, -0.2) is 55.1 Å². The van der Waals surface area contributed by atoms with Gasteiger partial charge in [-0.3, -0.25) is 4.90 Å². The smallest absolute Gasteiger partial charge is 0.317 e. The maximum Gasteiger partial charge on any atom is 0.317 e. The zero-order chi connectivity index (χ0) is 11.4. The van der Waals surface area contributed by atoms with Crippen LogP contribution >= 0.6 is 0 Å². The third kappa shape index (κ3) is 2.84. The lowest BCUT2D eigenvalue weighted by Gasteiger charge is -2.42. The first-order chi connectivity index (χ1) is 7.10. The van der Waals surface area contributed by atoms with E-state index in [1.807, 2.05) is 4.90 Å². The molecule has 1 fully saturated rings. The first-order valence-corrected chi connectivity index (χ1v) is 5.80. The van der Waals surface area contributed by atoms with Gasteiger partial charge in [0.2, 0.25) is 0 Å². The van der Waals surface area contributed by atoms with Gasteiger partial charge in [-0.1, -0.05) is 20.8 Å². The van der Waals surface area contributed by atoms with Gasteiger partial charge in [-0.15, -0.1) is 0 Å². The van der Waals surface area contributed by atoms with Gasteiger partial charge in [0.25, 0.3) is 0 Å². The largest absolute Gasteiger partial charge is 0.341 e. The van der Waals surface area contributed by atoms with E-state index in [1.165, 1.54) is 0 Å². The number of amides is 2. The quantitative estimate of drug-likeness (QED) is 0.742. The number of urea groups is 1. The zero-order valence-electron chi connectivity index (χ0n) is 10.3. The lowest BCUT2D eigenvalue weighted by atomic mass is 10.00. The van der Waals surface area contributed by atoms with Crippen molar-refractivity contribution < 1.29 is 4.79 Å². The molecule has 0 aromatic heterocycles. The normalized spacial score (nSPS) is 23.3. The van der Waals surface area contributed by atoms with Crippen molar-refractivity contribution >= 4 is 6.03 Å². The van der Waals surface area contributed by atoms with Crippen molar-refractivity contribution in [2.45, 2.75) is 26.8 Å². The van der Waals surface area contributed by atoms with Gasteiger partial charge in [0.05, 0.1) is 0 Å². The molecule has 1 saturated heterocycles. The molecule has 4 nitrogen and oxygen atoms in total. The maximum atomic E-state index is 11.7. The van der Waals surface area contributed by atoms with E-state index >= 15 is 0 Å². The minimum atomic E-state index is 0.0597. The Labute approximate surface area is 92.6 Å². The van der Waals surface area contributed by atoms with Crippen molar-refractivity contribution in [3.63, 3.8) is 0 Å². The summed E-state index contributed by atoms with van der Waals surface area (Å²) in [6.07, 6.45) is 0. The SMILES string of the molecule is CCN1CCN(C(=O)NC)C(C(C)C)C1. The topological polar surface area (TPSA) is 35.6 Å². The lowest BCUT2D eigenvalue weighted by Crippen LogP contribution is -2.58. The number of rotatable bonds is 2. The summed E-state index contributed by atoms with van der Waals surface area (Å²) in [5.74, 6) is 0.511. The van der Waals surface area contributed by atoms with Crippen LogP contribution in [0.2, 0.25) is 0 Å². The first-order valence-electron chi connectivity index (χ1n) is 5.80. The van der Waals surface area contributed by atoms with Crippen molar-refractivity contribution in [3.05, 3.63) is 0 Å². The Morgan fingerprint density at radius 1 is 1.47 bits per heavy atom. The van der Waals surface area contributed by atoms with Crippen molar-refractivity contribution in [1.82, 2.24) is 15.1 Å². The molecule has 1 N–H and O–H groups in total. The highest BCUT2D eigenvalue weighted by molar-refractivity contribution is 5.74. The summed E-state index contributed by atoms with van der Waals surface area (Å²) >= 11 is 0. The van der Waals surface area contributed by atoms with Crippen LogP contribution in [-0.2, 0) is 0 Å².